The average Bonchev–Trinajstić information content (AvgIpc) is 3.01. The summed E-state index contributed by atoms with van der Waals surface area (Å²) in [5.41, 5.74) is 0.615. The molecule has 0 radical (unpaired) electrons. The van der Waals surface area contributed by atoms with E-state index in [0.717, 1.165) is 26.0 Å². The van der Waals surface area contributed by atoms with E-state index in [-0.39, 0.29) is 16.1 Å². The van der Waals surface area contributed by atoms with Crippen LogP contribution in [0.2, 0.25) is 5.02 Å². The minimum Gasteiger partial charge on any atom is -0.456 e. The number of aryl methyl sites for hydroxylation is 1. The molecule has 1 aromatic carbocycles. The summed E-state index contributed by atoms with van der Waals surface area (Å²) >= 11 is 5.66. The number of carbonyl (C=O) groups is 2. The maximum Gasteiger partial charge on any atom is 0.327 e. The standard InChI is InChI=1S/C20H24ClFN2O5S/c1-19(2,3)17-10-14(24(6)23-17)15(25)11-29-18(26)20(4,5)30(27,28)16-8-7-12(21)9-13(16)22/h7-10H,11H2,1-6H3. The van der Waals surface area contributed by atoms with Gasteiger partial charge in [-0.1, -0.05) is 32.4 Å². The molecule has 2 rings (SSSR count). The highest BCUT2D eigenvalue weighted by Gasteiger charge is 2.45. The first-order chi connectivity index (χ1) is 13.6. The van der Waals surface area contributed by atoms with Crippen LogP contribution in [0.4, 0.5) is 4.39 Å². The fourth-order valence-electron chi connectivity index (χ4n) is 2.55. The quantitative estimate of drug-likeness (QED) is 0.485. The third kappa shape index (κ3) is 4.57. The zero-order valence-electron chi connectivity index (χ0n) is 17.6. The van der Waals surface area contributed by atoms with Gasteiger partial charge in [0.2, 0.25) is 5.78 Å². The number of halogens is 2. The summed E-state index contributed by atoms with van der Waals surface area (Å²) in [6.07, 6.45) is 0. The number of aromatic nitrogens is 2. The molecule has 0 atom stereocenters. The van der Waals surface area contributed by atoms with Gasteiger partial charge in [0.05, 0.1) is 5.69 Å². The summed E-state index contributed by atoms with van der Waals surface area (Å²) in [5.74, 6) is -2.80. The average molecular weight is 459 g/mol. The lowest BCUT2D eigenvalue weighted by molar-refractivity contribution is -0.144. The number of nitrogens with zero attached hydrogens (tertiary/aromatic N) is 2. The van der Waals surface area contributed by atoms with Crippen LogP contribution in [-0.2, 0) is 31.8 Å². The molecule has 0 unspecified atom stereocenters. The number of esters is 1. The molecule has 7 nitrogen and oxygen atoms in total. The summed E-state index contributed by atoms with van der Waals surface area (Å²) in [7, 11) is -2.87. The van der Waals surface area contributed by atoms with Gasteiger partial charge < -0.3 is 4.74 Å². The highest BCUT2D eigenvalue weighted by molar-refractivity contribution is 7.93. The molecular formula is C20H24ClFN2O5S. The largest absolute Gasteiger partial charge is 0.456 e. The van der Waals surface area contributed by atoms with Gasteiger partial charge in [-0.2, -0.15) is 5.10 Å². The molecule has 0 fully saturated rings. The Kier molecular flexibility index (Phi) is 6.49. The molecule has 2 aromatic rings. The Morgan fingerprint density at radius 3 is 2.27 bits per heavy atom. The highest BCUT2D eigenvalue weighted by atomic mass is 35.5. The van der Waals surface area contributed by atoms with E-state index in [9.17, 15) is 22.4 Å². The Morgan fingerprint density at radius 2 is 1.77 bits per heavy atom. The lowest BCUT2D eigenvalue weighted by atomic mass is 9.92. The molecule has 0 spiro atoms. The van der Waals surface area contributed by atoms with Gasteiger partial charge >= 0.3 is 5.97 Å². The molecule has 10 heteroatoms. The third-order valence-electron chi connectivity index (χ3n) is 4.62. The van der Waals surface area contributed by atoms with Crippen LogP contribution in [0.25, 0.3) is 0 Å². The van der Waals surface area contributed by atoms with Crippen molar-refractivity contribution in [3.8, 4) is 0 Å². The molecule has 0 saturated carbocycles. The van der Waals surface area contributed by atoms with Crippen molar-refractivity contribution < 1.29 is 27.1 Å². The zero-order chi connectivity index (χ0) is 23.1. The number of rotatable bonds is 6. The molecule has 0 bridgehead atoms. The number of Topliss-reactive ketones (excluding diaryl/α,β-unsaturated/α-hetero) is 1. The maximum absolute atomic E-state index is 14.1. The SMILES string of the molecule is Cn1nc(C(C)(C)C)cc1C(=O)COC(=O)C(C)(C)S(=O)(=O)c1ccc(Cl)cc1F. The molecular weight excluding hydrogens is 435 g/mol. The molecule has 0 aliphatic rings. The van der Waals surface area contributed by atoms with Crippen LogP contribution in [0.1, 0.15) is 50.8 Å². The van der Waals surface area contributed by atoms with E-state index in [1.165, 1.54) is 10.7 Å². The second-order valence-electron chi connectivity index (χ2n) is 8.38. The molecule has 0 N–H and O–H groups in total. The van der Waals surface area contributed by atoms with E-state index < -0.39 is 43.7 Å². The van der Waals surface area contributed by atoms with Gasteiger partial charge in [0.15, 0.2) is 21.2 Å². The first kappa shape index (κ1) is 24.0. The second kappa shape index (κ2) is 8.11. The maximum atomic E-state index is 14.1. The van der Waals surface area contributed by atoms with Gasteiger partial charge in [0, 0.05) is 17.5 Å². The van der Waals surface area contributed by atoms with Gasteiger partial charge in [-0.15, -0.1) is 0 Å². The zero-order valence-corrected chi connectivity index (χ0v) is 19.2. The summed E-state index contributed by atoms with van der Waals surface area (Å²) in [5, 5.41) is 4.30. The van der Waals surface area contributed by atoms with Crippen molar-refractivity contribution in [2.24, 2.45) is 7.05 Å². The van der Waals surface area contributed by atoms with Crippen LogP contribution in [0.5, 0.6) is 0 Å². The fraction of sp³-hybridized carbons (Fsp3) is 0.450. The lowest BCUT2D eigenvalue weighted by Crippen LogP contribution is -2.43. The predicted molar refractivity (Wildman–Crippen MR) is 110 cm³/mol. The first-order valence-electron chi connectivity index (χ1n) is 9.03. The predicted octanol–water partition coefficient (Wildman–Crippen LogP) is 3.49. The monoisotopic (exact) mass is 458 g/mol. The number of hydrogen-bond acceptors (Lipinski definition) is 6. The minimum atomic E-state index is -4.46. The van der Waals surface area contributed by atoms with Crippen molar-refractivity contribution in [2.45, 2.75) is 49.7 Å². The third-order valence-corrected chi connectivity index (χ3v) is 7.27. The summed E-state index contributed by atoms with van der Waals surface area (Å²) in [6, 6.07) is 4.63. The van der Waals surface area contributed by atoms with Crippen molar-refractivity contribution in [3.63, 3.8) is 0 Å². The lowest BCUT2D eigenvalue weighted by Gasteiger charge is -2.23. The molecule has 164 valence electrons. The number of benzene rings is 1. The molecule has 0 aliphatic carbocycles. The van der Waals surface area contributed by atoms with Crippen LogP contribution in [0.3, 0.4) is 0 Å². The van der Waals surface area contributed by atoms with Gasteiger partial charge in [-0.3, -0.25) is 14.3 Å². The van der Waals surface area contributed by atoms with E-state index in [2.05, 4.69) is 5.10 Å². The van der Waals surface area contributed by atoms with Crippen molar-refractivity contribution in [2.75, 3.05) is 6.61 Å². The first-order valence-corrected chi connectivity index (χ1v) is 10.9. The van der Waals surface area contributed by atoms with Crippen molar-refractivity contribution in [1.29, 1.82) is 0 Å². The van der Waals surface area contributed by atoms with Gasteiger partial charge in [0.25, 0.3) is 0 Å². The summed E-state index contributed by atoms with van der Waals surface area (Å²) in [6.45, 7) is 7.31. The van der Waals surface area contributed by atoms with Crippen molar-refractivity contribution in [3.05, 3.63) is 46.5 Å². The number of ketones is 1. The Morgan fingerprint density at radius 1 is 1.17 bits per heavy atom. The second-order valence-corrected chi connectivity index (χ2v) is 11.3. The van der Waals surface area contributed by atoms with E-state index >= 15 is 0 Å². The van der Waals surface area contributed by atoms with Crippen LogP contribution >= 0.6 is 11.6 Å². The Bertz CT molecular complexity index is 1100. The fourth-order valence-corrected chi connectivity index (χ4v) is 4.10. The number of sulfone groups is 1. The molecule has 30 heavy (non-hydrogen) atoms. The van der Waals surface area contributed by atoms with Crippen LogP contribution in [-0.4, -0.2) is 41.3 Å². The smallest absolute Gasteiger partial charge is 0.327 e. The van der Waals surface area contributed by atoms with Crippen molar-refractivity contribution >= 4 is 33.2 Å². The number of carbonyl (C=O) groups excluding carboxylic acids is 2. The molecule has 0 aliphatic heterocycles. The Hall–Kier alpha value is -2.26. The Balaban J connectivity index is 2.20. The summed E-state index contributed by atoms with van der Waals surface area (Å²) < 4.78 is 44.0. The van der Waals surface area contributed by atoms with E-state index in [1.54, 1.807) is 13.1 Å². The van der Waals surface area contributed by atoms with Gasteiger partial charge in [-0.05, 0) is 38.1 Å². The van der Waals surface area contributed by atoms with Crippen LogP contribution in [0, 0.1) is 5.82 Å². The highest BCUT2D eigenvalue weighted by Crippen LogP contribution is 2.30. The normalized spacial score (nSPS) is 12.7. The molecule has 0 amide bonds. The minimum absolute atomic E-state index is 0.0169. The number of hydrogen-bond donors (Lipinski definition) is 0. The van der Waals surface area contributed by atoms with Crippen molar-refractivity contribution in [1.82, 2.24) is 9.78 Å². The van der Waals surface area contributed by atoms with E-state index in [1.807, 2.05) is 20.8 Å². The van der Waals surface area contributed by atoms with Crippen LogP contribution < -0.4 is 0 Å². The van der Waals surface area contributed by atoms with Gasteiger partial charge in [-0.25, -0.2) is 12.8 Å². The van der Waals surface area contributed by atoms with E-state index in [0.29, 0.717) is 5.69 Å². The Labute approximate surface area is 180 Å². The molecule has 0 saturated heterocycles. The number of ether oxygens (including phenoxy) is 1. The summed E-state index contributed by atoms with van der Waals surface area (Å²) in [4.78, 5) is 24.3. The van der Waals surface area contributed by atoms with Gasteiger partial charge in [0.1, 0.15) is 16.4 Å². The molecule has 1 aromatic heterocycles. The van der Waals surface area contributed by atoms with Crippen LogP contribution in [0.15, 0.2) is 29.2 Å². The molecule has 1 heterocycles. The van der Waals surface area contributed by atoms with E-state index in [4.69, 9.17) is 16.3 Å². The topological polar surface area (TPSA) is 95.3 Å².